The molecule has 152 valence electrons. The minimum atomic E-state index is -0.0580. The third-order valence-electron chi connectivity index (χ3n) is 4.60. The Hall–Kier alpha value is -4.27. The molecule has 0 bridgehead atoms. The molecule has 2 aromatic carbocycles. The summed E-state index contributed by atoms with van der Waals surface area (Å²) in [5.74, 6) is 1.48. The quantitative estimate of drug-likeness (QED) is 0.193. The Kier molecular flexibility index (Phi) is 5.33. The maximum atomic E-state index is 7.89. The number of nitrogens with zero attached hydrogens (tertiary/aromatic N) is 2. The van der Waals surface area contributed by atoms with Crippen LogP contribution in [0.25, 0.3) is 21.8 Å². The fraction of sp³-hybridized carbons (Fsp3) is 0.0952. The summed E-state index contributed by atoms with van der Waals surface area (Å²) in [6, 6.07) is 11.5. The molecule has 0 spiro atoms. The Morgan fingerprint density at radius 2 is 1.30 bits per heavy atom. The monoisotopic (exact) mass is 403 g/mol. The highest BCUT2D eigenvalue weighted by molar-refractivity contribution is 6.01. The first kappa shape index (κ1) is 19.1. The van der Waals surface area contributed by atoms with Gasteiger partial charge in [-0.3, -0.25) is 5.41 Å². The molecular formula is C21H21N7O2. The van der Waals surface area contributed by atoms with Crippen molar-refractivity contribution in [3.63, 3.8) is 0 Å². The van der Waals surface area contributed by atoms with Crippen LogP contribution in [0.1, 0.15) is 11.1 Å². The number of nitrogens with one attached hydrogen (secondary N) is 5. The molecule has 0 aliphatic carbocycles. The van der Waals surface area contributed by atoms with Crippen molar-refractivity contribution in [2.24, 2.45) is 10.2 Å². The molecule has 4 rings (SSSR count). The predicted molar refractivity (Wildman–Crippen MR) is 119 cm³/mol. The van der Waals surface area contributed by atoms with Crippen molar-refractivity contribution in [2.75, 3.05) is 14.2 Å². The van der Waals surface area contributed by atoms with Crippen LogP contribution in [-0.2, 0) is 0 Å². The Morgan fingerprint density at radius 1 is 0.833 bits per heavy atom. The van der Waals surface area contributed by atoms with Gasteiger partial charge in [-0.15, -0.1) is 0 Å². The van der Waals surface area contributed by atoms with E-state index in [1.165, 1.54) is 0 Å². The number of benzene rings is 2. The maximum Gasteiger partial charge on any atom is 0.230 e. The highest BCUT2D eigenvalue weighted by Gasteiger charge is 2.04. The van der Waals surface area contributed by atoms with E-state index in [2.05, 4.69) is 31.0 Å². The van der Waals surface area contributed by atoms with Crippen LogP contribution < -0.4 is 20.3 Å². The van der Waals surface area contributed by atoms with Crippen molar-refractivity contribution in [1.82, 2.24) is 20.8 Å². The Morgan fingerprint density at radius 3 is 1.73 bits per heavy atom. The van der Waals surface area contributed by atoms with Gasteiger partial charge in [-0.1, -0.05) is 0 Å². The molecule has 0 unspecified atom stereocenters. The second-order valence-electron chi connectivity index (χ2n) is 6.43. The van der Waals surface area contributed by atoms with E-state index in [9.17, 15) is 0 Å². The molecule has 0 aliphatic rings. The lowest BCUT2D eigenvalue weighted by atomic mass is 10.2. The number of hydrogen-bond donors (Lipinski definition) is 5. The van der Waals surface area contributed by atoms with Crippen molar-refractivity contribution < 1.29 is 9.47 Å². The van der Waals surface area contributed by atoms with Gasteiger partial charge in [0.05, 0.1) is 26.6 Å². The van der Waals surface area contributed by atoms with E-state index in [4.69, 9.17) is 14.9 Å². The number of hydrazone groups is 2. The first-order valence-electron chi connectivity index (χ1n) is 9.15. The number of H-pyrrole nitrogens is 2. The van der Waals surface area contributed by atoms with Gasteiger partial charge in [0.25, 0.3) is 0 Å². The number of methoxy groups -OCH3 is 2. The zero-order chi connectivity index (χ0) is 20.9. The largest absolute Gasteiger partial charge is 0.497 e. The third-order valence-corrected chi connectivity index (χ3v) is 4.60. The van der Waals surface area contributed by atoms with Crippen molar-refractivity contribution >= 4 is 40.2 Å². The van der Waals surface area contributed by atoms with E-state index in [0.29, 0.717) is 0 Å². The molecule has 0 atom stereocenters. The zero-order valence-electron chi connectivity index (χ0n) is 16.5. The molecule has 2 heterocycles. The average Bonchev–Trinajstić information content (AvgIpc) is 3.37. The maximum absolute atomic E-state index is 7.89. The van der Waals surface area contributed by atoms with Gasteiger partial charge >= 0.3 is 0 Å². The van der Waals surface area contributed by atoms with Crippen LogP contribution in [0.5, 0.6) is 11.5 Å². The first-order valence-corrected chi connectivity index (χ1v) is 9.15. The summed E-state index contributed by atoms with van der Waals surface area (Å²) in [5, 5.41) is 18.0. The molecule has 0 fully saturated rings. The minimum absolute atomic E-state index is 0.0580. The van der Waals surface area contributed by atoms with Gasteiger partial charge in [-0.25, -0.2) is 10.9 Å². The van der Waals surface area contributed by atoms with Crippen molar-refractivity contribution in [3.8, 4) is 11.5 Å². The lowest BCUT2D eigenvalue weighted by Crippen LogP contribution is -2.29. The van der Waals surface area contributed by atoms with E-state index in [-0.39, 0.29) is 5.96 Å². The first-order chi connectivity index (χ1) is 14.7. The van der Waals surface area contributed by atoms with Crippen LogP contribution in [-0.4, -0.2) is 42.6 Å². The molecular weight excluding hydrogens is 382 g/mol. The number of ether oxygens (including phenoxy) is 2. The number of aromatic amines is 2. The summed E-state index contributed by atoms with van der Waals surface area (Å²) in [6.07, 6.45) is 6.94. The van der Waals surface area contributed by atoms with Crippen molar-refractivity contribution in [2.45, 2.75) is 0 Å². The number of guanidine groups is 1. The lowest BCUT2D eigenvalue weighted by Gasteiger charge is -2.01. The highest BCUT2D eigenvalue weighted by Crippen LogP contribution is 2.23. The van der Waals surface area contributed by atoms with Crippen molar-refractivity contribution in [3.05, 3.63) is 59.9 Å². The second-order valence-corrected chi connectivity index (χ2v) is 6.43. The van der Waals surface area contributed by atoms with Gasteiger partial charge in [0.2, 0.25) is 5.96 Å². The van der Waals surface area contributed by atoms with E-state index in [0.717, 1.165) is 44.4 Å². The van der Waals surface area contributed by atoms with Crippen LogP contribution in [0.4, 0.5) is 0 Å². The summed E-state index contributed by atoms with van der Waals surface area (Å²) in [5.41, 5.74) is 8.91. The summed E-state index contributed by atoms with van der Waals surface area (Å²) < 4.78 is 10.5. The fourth-order valence-corrected chi connectivity index (χ4v) is 3.07. The second kappa shape index (κ2) is 8.39. The highest BCUT2D eigenvalue weighted by atomic mass is 16.5. The predicted octanol–water partition coefficient (Wildman–Crippen LogP) is 3.15. The van der Waals surface area contributed by atoms with Crippen LogP contribution in [0.2, 0.25) is 0 Å². The van der Waals surface area contributed by atoms with Gasteiger partial charge in [0, 0.05) is 45.3 Å². The molecule has 0 radical (unpaired) electrons. The molecule has 0 saturated heterocycles. The summed E-state index contributed by atoms with van der Waals surface area (Å²) in [7, 11) is 3.26. The summed E-state index contributed by atoms with van der Waals surface area (Å²) in [4.78, 5) is 6.34. The summed E-state index contributed by atoms with van der Waals surface area (Å²) in [6.45, 7) is 0. The van der Waals surface area contributed by atoms with E-state index >= 15 is 0 Å². The van der Waals surface area contributed by atoms with Crippen LogP contribution in [0, 0.1) is 5.41 Å². The van der Waals surface area contributed by atoms with Gasteiger partial charge in [0.1, 0.15) is 11.5 Å². The van der Waals surface area contributed by atoms with E-state index in [1.54, 1.807) is 26.6 Å². The normalized spacial score (nSPS) is 11.5. The van der Waals surface area contributed by atoms with Crippen molar-refractivity contribution in [1.29, 1.82) is 5.41 Å². The molecule has 4 aromatic rings. The van der Waals surface area contributed by atoms with E-state index < -0.39 is 0 Å². The van der Waals surface area contributed by atoms with E-state index in [1.807, 2.05) is 48.8 Å². The standard InChI is InChI=1S/C21H21N7O2/c1-29-15-3-5-19-17(7-15)13(9-23-19)11-25-27-21(22)28-26-12-14-10-24-20-6-4-16(30-2)8-18(14)20/h3-12,23-24H,1-2H3,(H3,22,27,28). The van der Waals surface area contributed by atoms with Gasteiger partial charge in [-0.05, 0) is 36.4 Å². The van der Waals surface area contributed by atoms with Gasteiger partial charge in [0.15, 0.2) is 0 Å². The molecule has 30 heavy (non-hydrogen) atoms. The number of rotatable bonds is 6. The Bertz CT molecular complexity index is 1160. The number of hydrogen-bond acceptors (Lipinski definition) is 5. The van der Waals surface area contributed by atoms with Gasteiger partial charge in [-0.2, -0.15) is 10.2 Å². The van der Waals surface area contributed by atoms with Crippen LogP contribution in [0.15, 0.2) is 59.0 Å². The van der Waals surface area contributed by atoms with Gasteiger partial charge < -0.3 is 19.4 Å². The SMILES string of the molecule is COc1ccc2[nH]cc(C=NNC(=N)NN=Cc3c[nH]c4ccc(OC)cc34)c2c1. The molecule has 0 aliphatic heterocycles. The summed E-state index contributed by atoms with van der Waals surface area (Å²) >= 11 is 0. The third kappa shape index (κ3) is 3.95. The lowest BCUT2D eigenvalue weighted by molar-refractivity contribution is 0.415. The fourth-order valence-electron chi connectivity index (χ4n) is 3.07. The molecule has 5 N–H and O–H groups in total. The molecule has 9 nitrogen and oxygen atoms in total. The number of fused-ring (bicyclic) bond motifs is 2. The smallest absolute Gasteiger partial charge is 0.230 e. The topological polar surface area (TPSA) is 123 Å². The van der Waals surface area contributed by atoms with Crippen LogP contribution in [0.3, 0.4) is 0 Å². The molecule has 9 heteroatoms. The zero-order valence-corrected chi connectivity index (χ0v) is 16.5. The van der Waals surface area contributed by atoms with Crippen LogP contribution >= 0.6 is 0 Å². The molecule has 0 amide bonds. The minimum Gasteiger partial charge on any atom is -0.497 e. The molecule has 0 saturated carbocycles. The molecule has 2 aromatic heterocycles. The number of aromatic nitrogens is 2. The Balaban J connectivity index is 1.37. The average molecular weight is 403 g/mol. The Labute approximate surface area is 172 Å².